The van der Waals surface area contributed by atoms with Crippen molar-refractivity contribution in [2.75, 3.05) is 41.0 Å². The van der Waals surface area contributed by atoms with Crippen molar-refractivity contribution in [3.63, 3.8) is 0 Å². The van der Waals surface area contributed by atoms with Crippen LogP contribution in [0.4, 0.5) is 14.4 Å². The summed E-state index contributed by atoms with van der Waals surface area (Å²) in [5.41, 5.74) is 17.7. The van der Waals surface area contributed by atoms with Crippen LogP contribution in [0.15, 0.2) is 267 Å². The molecule has 12 rings (SSSR count). The van der Waals surface area contributed by atoms with Gasteiger partial charge in [0, 0.05) is 74.5 Å². The number of benzene rings is 9. The van der Waals surface area contributed by atoms with E-state index in [0.717, 1.165) is 84.4 Å². The van der Waals surface area contributed by atoms with E-state index in [4.69, 9.17) is 41.7 Å². The van der Waals surface area contributed by atoms with Crippen molar-refractivity contribution in [2.45, 2.75) is 67.6 Å². The smallest absolute Gasteiger partial charge is 0.415 e. The number of aromatic nitrogens is 3. The van der Waals surface area contributed by atoms with Crippen LogP contribution in [0.2, 0.25) is 0 Å². The fourth-order valence-corrected chi connectivity index (χ4v) is 10.8. The van der Waals surface area contributed by atoms with Gasteiger partial charge in [0.05, 0.1) is 27.0 Å². The predicted molar refractivity (Wildman–Crippen MR) is 422 cm³/mol. The number of oxazole rings is 3. The maximum atomic E-state index is 12.7. The molecule has 0 saturated carbocycles. The van der Waals surface area contributed by atoms with E-state index in [2.05, 4.69) is 38.6 Å². The lowest BCUT2D eigenvalue weighted by atomic mass is 10.1. The normalized spacial score (nSPS) is 10.5. The highest BCUT2D eigenvalue weighted by Crippen LogP contribution is 2.28. The number of nitrogens with zero attached hydrogens (tertiary/aromatic N) is 6. The fourth-order valence-electron chi connectivity index (χ4n) is 10.8. The first-order valence-electron chi connectivity index (χ1n) is 35.3. The van der Waals surface area contributed by atoms with Crippen molar-refractivity contribution in [3.05, 3.63) is 322 Å². The van der Waals surface area contributed by atoms with Crippen molar-refractivity contribution in [3.8, 4) is 68.9 Å². The van der Waals surface area contributed by atoms with Crippen molar-refractivity contribution < 1.29 is 56.1 Å². The van der Waals surface area contributed by atoms with E-state index in [0.29, 0.717) is 97.9 Å². The molecule has 0 unspecified atom stereocenters. The third kappa shape index (κ3) is 22.8. The summed E-state index contributed by atoms with van der Waals surface area (Å²) in [5, 5.41) is 0. The van der Waals surface area contributed by atoms with Gasteiger partial charge in [-0.2, -0.15) is 0 Å². The summed E-state index contributed by atoms with van der Waals surface area (Å²) in [5.74, 6) is 7.69. The average molecular weight is 1440 g/mol. The van der Waals surface area contributed by atoms with Gasteiger partial charge in [-0.05, 0) is 202 Å². The van der Waals surface area contributed by atoms with Gasteiger partial charge in [-0.1, -0.05) is 133 Å². The van der Waals surface area contributed by atoms with Crippen LogP contribution < -0.4 is 28.4 Å². The van der Waals surface area contributed by atoms with E-state index >= 15 is 0 Å². The number of carbonyl (C=O) groups is 3. The Labute approximate surface area is 630 Å². The highest BCUT2D eigenvalue weighted by atomic mass is 16.6. The Morgan fingerprint density at radius 1 is 0.370 bits per heavy atom. The van der Waals surface area contributed by atoms with Gasteiger partial charge in [-0.25, -0.2) is 29.3 Å². The average Bonchev–Trinajstić information content (AvgIpc) is 1.68. The van der Waals surface area contributed by atoms with Crippen LogP contribution in [-0.2, 0) is 26.1 Å². The molecule has 3 aromatic heterocycles. The summed E-state index contributed by atoms with van der Waals surface area (Å²) in [6.07, 6.45) is 11.0. The summed E-state index contributed by atoms with van der Waals surface area (Å²) in [6.45, 7) is 14.4. The SMILES string of the molecule is CCN(Cc1ccc(/C=C\Cc2nc(-c3ccccc3)oc2C)cc1)C(=O)Oc1ccc(OC)cc1.CCN(Cc1ccc(C=C=Cc2nc(-c3ccccc3)oc2C)cc1)C(=O)Oc1ccc(OC)cc1.CCN(Cc1cccc(C=C=Cc2nc(-c3ccccc3)oc2C)c1)C(=O)Oc1ccc(OC)cc1. The number of carbonyl (C=O) groups excluding carboxylic acids is 3. The molecule has 3 amide bonds. The Kier molecular flexibility index (Phi) is 28.2. The lowest BCUT2D eigenvalue weighted by Gasteiger charge is -2.20. The second-order valence-electron chi connectivity index (χ2n) is 24.5. The molecule has 0 bridgehead atoms. The second kappa shape index (κ2) is 39.5. The lowest BCUT2D eigenvalue weighted by Crippen LogP contribution is -2.32. The van der Waals surface area contributed by atoms with E-state index < -0.39 is 12.2 Å². The van der Waals surface area contributed by atoms with Crippen molar-refractivity contribution in [1.82, 2.24) is 29.7 Å². The van der Waals surface area contributed by atoms with Crippen LogP contribution in [-0.4, -0.2) is 88.9 Å². The topological polar surface area (TPSA) is 194 Å². The number of hydrogen-bond acceptors (Lipinski definition) is 15. The van der Waals surface area contributed by atoms with Crippen LogP contribution in [0, 0.1) is 20.8 Å². The number of ether oxygens (including phenoxy) is 6. The Balaban J connectivity index is 0.000000173. The Bertz CT molecular complexity index is 5020. The van der Waals surface area contributed by atoms with Gasteiger partial charge in [0.1, 0.15) is 63.2 Å². The van der Waals surface area contributed by atoms with Gasteiger partial charge >= 0.3 is 18.3 Å². The zero-order valence-electron chi connectivity index (χ0n) is 62.0. The van der Waals surface area contributed by atoms with Gasteiger partial charge in [-0.3, -0.25) is 0 Å². The molecule has 0 aliphatic carbocycles. The fraction of sp³-hybridized carbons (Fsp3) is 0.178. The van der Waals surface area contributed by atoms with Gasteiger partial charge in [0.15, 0.2) is 0 Å². The molecular formula is C90H86N6O12. The highest BCUT2D eigenvalue weighted by molar-refractivity contribution is 5.73. The van der Waals surface area contributed by atoms with Crippen molar-refractivity contribution >= 4 is 48.7 Å². The van der Waals surface area contributed by atoms with E-state index in [-0.39, 0.29) is 6.09 Å². The molecule has 0 atom stereocenters. The van der Waals surface area contributed by atoms with Gasteiger partial charge < -0.3 is 56.4 Å². The number of aryl methyl sites for hydroxylation is 3. The van der Waals surface area contributed by atoms with Gasteiger partial charge in [0.2, 0.25) is 17.7 Å². The largest absolute Gasteiger partial charge is 0.497 e. The molecule has 3 heterocycles. The number of methoxy groups -OCH3 is 3. The second-order valence-corrected chi connectivity index (χ2v) is 24.5. The summed E-state index contributed by atoms with van der Waals surface area (Å²) >= 11 is 0. The predicted octanol–water partition coefficient (Wildman–Crippen LogP) is 20.9. The third-order valence-corrected chi connectivity index (χ3v) is 16.9. The van der Waals surface area contributed by atoms with Crippen molar-refractivity contribution in [2.24, 2.45) is 0 Å². The summed E-state index contributed by atoms with van der Waals surface area (Å²) < 4.78 is 49.4. The van der Waals surface area contributed by atoms with Crippen LogP contribution in [0.25, 0.3) is 64.7 Å². The van der Waals surface area contributed by atoms with E-state index in [1.807, 2.05) is 230 Å². The molecule has 18 nitrogen and oxygen atoms in total. The first kappa shape index (κ1) is 77.2. The van der Waals surface area contributed by atoms with Crippen LogP contribution in [0.1, 0.15) is 88.5 Å². The molecular weight excluding hydrogens is 1360 g/mol. The molecule has 0 radical (unpaired) electrons. The number of hydrogen-bond donors (Lipinski definition) is 0. The minimum Gasteiger partial charge on any atom is -0.497 e. The third-order valence-electron chi connectivity index (χ3n) is 16.9. The molecule has 0 saturated heterocycles. The molecule has 9 aromatic carbocycles. The maximum Gasteiger partial charge on any atom is 0.415 e. The van der Waals surface area contributed by atoms with Gasteiger partial charge in [0.25, 0.3) is 0 Å². The monoisotopic (exact) mass is 1440 g/mol. The molecule has 18 heteroatoms. The van der Waals surface area contributed by atoms with E-state index in [1.54, 1.807) is 109 Å². The molecule has 0 spiro atoms. The Morgan fingerprint density at radius 2 is 0.722 bits per heavy atom. The van der Waals surface area contributed by atoms with Crippen LogP contribution in [0.3, 0.4) is 0 Å². The molecule has 108 heavy (non-hydrogen) atoms. The van der Waals surface area contributed by atoms with E-state index in [9.17, 15) is 14.4 Å². The molecule has 548 valence electrons. The Hall–Kier alpha value is -13.4. The zero-order chi connectivity index (χ0) is 76.0. The number of amides is 3. The van der Waals surface area contributed by atoms with E-state index in [1.165, 1.54) is 0 Å². The van der Waals surface area contributed by atoms with Crippen LogP contribution >= 0.6 is 0 Å². The minimum absolute atomic E-state index is 0.385. The van der Waals surface area contributed by atoms with Crippen LogP contribution in [0.5, 0.6) is 34.5 Å². The summed E-state index contributed by atoms with van der Waals surface area (Å²) in [6, 6.07) is 74.4. The molecule has 0 fully saturated rings. The molecule has 12 aromatic rings. The van der Waals surface area contributed by atoms with Gasteiger partial charge in [-0.15, -0.1) is 11.5 Å². The molecule has 0 aliphatic rings. The lowest BCUT2D eigenvalue weighted by molar-refractivity contribution is 0.151. The minimum atomic E-state index is -0.403. The highest BCUT2D eigenvalue weighted by Gasteiger charge is 2.19. The number of allylic oxidation sites excluding steroid dienone is 1. The maximum absolute atomic E-state index is 12.7. The Morgan fingerprint density at radius 3 is 1.11 bits per heavy atom. The quantitative estimate of drug-likeness (QED) is 0.0490. The first-order chi connectivity index (χ1) is 52.7. The summed E-state index contributed by atoms with van der Waals surface area (Å²) in [7, 11) is 4.78. The standard InChI is InChI=1S/C30H28N2O4.C30H30N2O4.C30H28N2O4/c1-4-32(30(33)36-27-18-16-26(34-3)17-19-27)21-24-12-8-10-23(20-24)11-9-15-28-22(2)35-29(31-28)25-13-6-5-7-14-25;2*1-4-32(30(33)36-27-19-17-26(34-3)18-20-27)21-24-15-13-23(14-16-24)9-8-12-28-22(2)35-29(31-28)25-10-6-5-7-11-25/h5-8,10-20H,4,21H2,1-3H3;5-11,13-20H,4,12,21H2,1-3H3;5-7,9-20H,4,21H2,1-3H3/b;9-8-;. The molecule has 0 aliphatic heterocycles. The molecule has 0 N–H and O–H groups in total. The summed E-state index contributed by atoms with van der Waals surface area (Å²) in [4.78, 5) is 56.6. The number of rotatable bonds is 25. The first-order valence-corrected chi connectivity index (χ1v) is 35.3. The van der Waals surface area contributed by atoms with Crippen molar-refractivity contribution in [1.29, 1.82) is 0 Å². The zero-order valence-corrected chi connectivity index (χ0v) is 62.0.